The molecular weight excluding hydrogens is 208 g/mol. The Morgan fingerprint density at radius 1 is 1.47 bits per heavy atom. The van der Waals surface area contributed by atoms with Crippen molar-refractivity contribution in [2.24, 2.45) is 5.73 Å². The summed E-state index contributed by atoms with van der Waals surface area (Å²) in [5.74, 6) is 0. The Balaban J connectivity index is 2.78. The van der Waals surface area contributed by atoms with Gasteiger partial charge in [0.2, 0.25) is 0 Å². The van der Waals surface area contributed by atoms with Gasteiger partial charge in [0.05, 0.1) is 0 Å². The van der Waals surface area contributed by atoms with Gasteiger partial charge in [0, 0.05) is 17.6 Å². The molecule has 0 aliphatic heterocycles. The summed E-state index contributed by atoms with van der Waals surface area (Å²) in [6, 6.07) is 6.33. The second kappa shape index (κ2) is 6.11. The van der Waals surface area contributed by atoms with Crippen molar-refractivity contribution in [3.05, 3.63) is 34.3 Å². The lowest BCUT2D eigenvalue weighted by Gasteiger charge is -2.17. The van der Waals surface area contributed by atoms with Crippen LogP contribution in [-0.4, -0.2) is 13.1 Å². The third kappa shape index (κ3) is 3.49. The first-order valence-corrected chi connectivity index (χ1v) is 5.76. The first-order chi connectivity index (χ1) is 7.19. The number of hydrogen-bond acceptors (Lipinski definition) is 2. The summed E-state index contributed by atoms with van der Waals surface area (Å²) in [4.78, 5) is 0. The van der Waals surface area contributed by atoms with E-state index in [2.05, 4.69) is 18.3 Å². The topological polar surface area (TPSA) is 38.0 Å². The molecule has 1 atom stereocenters. The average Bonchev–Trinajstić information content (AvgIpc) is 2.24. The zero-order valence-electron chi connectivity index (χ0n) is 9.39. The largest absolute Gasteiger partial charge is 0.329 e. The molecule has 84 valence electrons. The van der Waals surface area contributed by atoms with Crippen LogP contribution in [0, 0.1) is 6.92 Å². The number of hydrogen-bond donors (Lipinski definition) is 2. The number of rotatable bonds is 5. The van der Waals surface area contributed by atoms with E-state index >= 15 is 0 Å². The van der Waals surface area contributed by atoms with E-state index in [1.54, 1.807) is 0 Å². The zero-order chi connectivity index (χ0) is 11.3. The van der Waals surface area contributed by atoms with Gasteiger partial charge in [-0.2, -0.15) is 0 Å². The quantitative estimate of drug-likeness (QED) is 0.810. The molecule has 1 unspecified atom stereocenters. The first-order valence-electron chi connectivity index (χ1n) is 5.38. The van der Waals surface area contributed by atoms with Gasteiger partial charge >= 0.3 is 0 Å². The molecule has 15 heavy (non-hydrogen) atoms. The van der Waals surface area contributed by atoms with Crippen LogP contribution in [-0.2, 0) is 0 Å². The van der Waals surface area contributed by atoms with Crippen LogP contribution < -0.4 is 11.1 Å². The highest BCUT2D eigenvalue weighted by atomic mass is 35.5. The molecule has 0 fully saturated rings. The van der Waals surface area contributed by atoms with Gasteiger partial charge in [-0.15, -0.1) is 0 Å². The predicted octanol–water partition coefficient (Wildman–Crippen LogP) is 2.65. The van der Waals surface area contributed by atoms with Crippen molar-refractivity contribution >= 4 is 11.6 Å². The summed E-state index contributed by atoms with van der Waals surface area (Å²) < 4.78 is 0. The molecule has 3 N–H and O–H groups in total. The van der Waals surface area contributed by atoms with E-state index in [-0.39, 0.29) is 6.04 Å². The minimum atomic E-state index is 0.211. The van der Waals surface area contributed by atoms with Crippen LogP contribution in [0.1, 0.15) is 30.5 Å². The highest BCUT2D eigenvalue weighted by molar-refractivity contribution is 6.31. The molecule has 0 heterocycles. The molecule has 0 saturated heterocycles. The van der Waals surface area contributed by atoms with E-state index in [9.17, 15) is 0 Å². The van der Waals surface area contributed by atoms with Crippen LogP contribution in [0.5, 0.6) is 0 Å². The smallest absolute Gasteiger partial charge is 0.0445 e. The molecule has 1 aromatic rings. The normalized spacial score (nSPS) is 12.8. The maximum atomic E-state index is 6.08. The van der Waals surface area contributed by atoms with Gasteiger partial charge in [-0.3, -0.25) is 0 Å². The van der Waals surface area contributed by atoms with Crippen molar-refractivity contribution in [1.29, 1.82) is 0 Å². The number of aryl methyl sites for hydroxylation is 1. The van der Waals surface area contributed by atoms with Crippen LogP contribution >= 0.6 is 11.6 Å². The Kier molecular flexibility index (Phi) is 5.09. The fourth-order valence-electron chi connectivity index (χ4n) is 1.48. The third-order valence-electron chi connectivity index (χ3n) is 2.47. The van der Waals surface area contributed by atoms with E-state index < -0.39 is 0 Å². The highest BCUT2D eigenvalue weighted by Crippen LogP contribution is 2.20. The number of halogens is 1. The lowest BCUT2D eigenvalue weighted by Crippen LogP contribution is -2.28. The average molecular weight is 227 g/mol. The molecule has 0 spiro atoms. The van der Waals surface area contributed by atoms with E-state index in [4.69, 9.17) is 17.3 Å². The Morgan fingerprint density at radius 2 is 2.20 bits per heavy atom. The Morgan fingerprint density at radius 3 is 2.73 bits per heavy atom. The van der Waals surface area contributed by atoms with Gasteiger partial charge in [0.25, 0.3) is 0 Å². The molecule has 0 aromatic heterocycles. The molecule has 0 aliphatic rings. The summed E-state index contributed by atoms with van der Waals surface area (Å²) in [7, 11) is 0. The SMILES string of the molecule is CCCNC(CN)c1ccc(C)c(Cl)c1. The van der Waals surface area contributed by atoms with Crippen molar-refractivity contribution in [2.75, 3.05) is 13.1 Å². The van der Waals surface area contributed by atoms with Crippen LogP contribution in [0.3, 0.4) is 0 Å². The van der Waals surface area contributed by atoms with Gasteiger partial charge in [-0.05, 0) is 37.1 Å². The van der Waals surface area contributed by atoms with E-state index in [0.29, 0.717) is 6.54 Å². The van der Waals surface area contributed by atoms with Crippen molar-refractivity contribution in [3.63, 3.8) is 0 Å². The second-order valence-corrected chi connectivity index (χ2v) is 4.16. The Bertz CT molecular complexity index is 312. The Hall–Kier alpha value is -0.570. The second-order valence-electron chi connectivity index (χ2n) is 3.75. The first kappa shape index (κ1) is 12.5. The van der Waals surface area contributed by atoms with Gasteiger partial charge in [0.15, 0.2) is 0 Å². The van der Waals surface area contributed by atoms with Crippen LogP contribution in [0.4, 0.5) is 0 Å². The number of benzene rings is 1. The molecule has 0 bridgehead atoms. The number of nitrogens with one attached hydrogen (secondary N) is 1. The molecule has 2 nitrogen and oxygen atoms in total. The summed E-state index contributed by atoms with van der Waals surface area (Å²) in [5, 5.41) is 4.21. The third-order valence-corrected chi connectivity index (χ3v) is 2.88. The van der Waals surface area contributed by atoms with Crippen LogP contribution in [0.25, 0.3) is 0 Å². The van der Waals surface area contributed by atoms with Crippen LogP contribution in [0.2, 0.25) is 5.02 Å². The zero-order valence-corrected chi connectivity index (χ0v) is 10.1. The highest BCUT2D eigenvalue weighted by Gasteiger charge is 2.09. The monoisotopic (exact) mass is 226 g/mol. The molecule has 0 amide bonds. The van der Waals surface area contributed by atoms with Crippen molar-refractivity contribution in [1.82, 2.24) is 5.32 Å². The Labute approximate surface area is 96.8 Å². The van der Waals surface area contributed by atoms with E-state index in [0.717, 1.165) is 23.6 Å². The van der Waals surface area contributed by atoms with Crippen molar-refractivity contribution < 1.29 is 0 Å². The summed E-state index contributed by atoms with van der Waals surface area (Å²) in [6.07, 6.45) is 1.11. The van der Waals surface area contributed by atoms with Gasteiger partial charge < -0.3 is 11.1 Å². The summed E-state index contributed by atoms with van der Waals surface area (Å²) in [6.45, 7) is 5.72. The van der Waals surface area contributed by atoms with Gasteiger partial charge in [0.1, 0.15) is 0 Å². The molecule has 0 radical (unpaired) electrons. The van der Waals surface area contributed by atoms with Crippen molar-refractivity contribution in [2.45, 2.75) is 26.3 Å². The van der Waals surface area contributed by atoms with E-state index in [1.165, 1.54) is 5.56 Å². The van der Waals surface area contributed by atoms with Crippen LogP contribution in [0.15, 0.2) is 18.2 Å². The van der Waals surface area contributed by atoms with Gasteiger partial charge in [-0.25, -0.2) is 0 Å². The fourth-order valence-corrected chi connectivity index (χ4v) is 1.67. The molecule has 1 rings (SSSR count). The van der Waals surface area contributed by atoms with E-state index in [1.807, 2.05) is 19.1 Å². The summed E-state index contributed by atoms with van der Waals surface area (Å²) >= 11 is 6.08. The maximum Gasteiger partial charge on any atom is 0.0445 e. The molecule has 1 aromatic carbocycles. The lowest BCUT2D eigenvalue weighted by atomic mass is 10.1. The minimum Gasteiger partial charge on any atom is -0.329 e. The number of nitrogens with two attached hydrogens (primary N) is 1. The van der Waals surface area contributed by atoms with Gasteiger partial charge in [-0.1, -0.05) is 30.7 Å². The lowest BCUT2D eigenvalue weighted by molar-refractivity contribution is 0.540. The maximum absolute atomic E-state index is 6.08. The molecule has 0 saturated carbocycles. The van der Waals surface area contributed by atoms with Crippen molar-refractivity contribution in [3.8, 4) is 0 Å². The fraction of sp³-hybridized carbons (Fsp3) is 0.500. The molecule has 3 heteroatoms. The predicted molar refractivity (Wildman–Crippen MR) is 66.3 cm³/mol. The minimum absolute atomic E-state index is 0.211. The standard InChI is InChI=1S/C12H19ClN2/c1-3-6-15-12(8-14)10-5-4-9(2)11(13)7-10/h4-5,7,12,15H,3,6,8,14H2,1-2H3. The molecular formula is C12H19ClN2. The summed E-state index contributed by atoms with van der Waals surface area (Å²) in [5.41, 5.74) is 8.00. The molecule has 0 aliphatic carbocycles.